The van der Waals surface area contributed by atoms with Crippen molar-refractivity contribution in [3.63, 3.8) is 0 Å². The van der Waals surface area contributed by atoms with Crippen LogP contribution >= 0.6 is 0 Å². The summed E-state index contributed by atoms with van der Waals surface area (Å²) in [7, 11) is 0. The molecule has 1 aromatic rings. The maximum absolute atomic E-state index is 13.2. The second-order valence-electron chi connectivity index (χ2n) is 7.98. The highest BCUT2D eigenvalue weighted by atomic mass is 16.5. The molecule has 4 nitrogen and oxygen atoms in total. The van der Waals surface area contributed by atoms with Gasteiger partial charge in [0.2, 0.25) is 5.91 Å². The zero-order valence-corrected chi connectivity index (χ0v) is 15.1. The van der Waals surface area contributed by atoms with Gasteiger partial charge < -0.3 is 14.7 Å². The first kappa shape index (κ1) is 17.0. The van der Waals surface area contributed by atoms with Gasteiger partial charge in [0.25, 0.3) is 0 Å². The number of carbonyl (C=O) groups is 1. The van der Waals surface area contributed by atoms with Crippen molar-refractivity contribution in [1.29, 1.82) is 0 Å². The Morgan fingerprint density at radius 3 is 2.52 bits per heavy atom. The molecule has 0 aromatic heterocycles. The molecule has 3 fully saturated rings. The quantitative estimate of drug-likeness (QED) is 0.894. The smallest absolute Gasteiger partial charge is 0.230 e. The van der Waals surface area contributed by atoms with Crippen LogP contribution in [0.1, 0.15) is 50.5 Å². The van der Waals surface area contributed by atoms with Crippen LogP contribution in [0.3, 0.4) is 0 Å². The highest BCUT2D eigenvalue weighted by Crippen LogP contribution is 2.51. The first-order valence-corrected chi connectivity index (χ1v) is 9.79. The van der Waals surface area contributed by atoms with Crippen LogP contribution in [0.15, 0.2) is 30.3 Å². The van der Waals surface area contributed by atoms with E-state index in [2.05, 4.69) is 12.1 Å². The third-order valence-electron chi connectivity index (χ3n) is 6.63. The Morgan fingerprint density at radius 1 is 1.28 bits per heavy atom. The van der Waals surface area contributed by atoms with E-state index in [-0.39, 0.29) is 29.4 Å². The highest BCUT2D eigenvalue weighted by Gasteiger charge is 2.56. The summed E-state index contributed by atoms with van der Waals surface area (Å²) < 4.78 is 5.84. The van der Waals surface area contributed by atoms with E-state index < -0.39 is 0 Å². The average Bonchev–Trinajstić information content (AvgIpc) is 3.48. The summed E-state index contributed by atoms with van der Waals surface area (Å²) in [6.45, 7) is 4.20. The van der Waals surface area contributed by atoms with E-state index in [1.807, 2.05) is 30.0 Å². The fourth-order valence-corrected chi connectivity index (χ4v) is 4.86. The molecule has 2 aliphatic carbocycles. The summed E-state index contributed by atoms with van der Waals surface area (Å²) in [6.07, 6.45) is 4.68. The Labute approximate surface area is 150 Å². The zero-order valence-electron chi connectivity index (χ0n) is 15.1. The second kappa shape index (κ2) is 6.73. The number of benzene rings is 1. The molecule has 4 rings (SSSR count). The first-order chi connectivity index (χ1) is 12.2. The average molecular weight is 343 g/mol. The molecule has 3 unspecified atom stereocenters. The molecule has 1 saturated heterocycles. The standard InChI is InChI=1S/C21H29NO3/c1-2-25-18-14-17(23)21(18)10-12-22(13-11-21)20(24)19(16-8-9-16)15-6-4-3-5-7-15/h3-7,16-19,23H,2,8-14H2,1H3. The summed E-state index contributed by atoms with van der Waals surface area (Å²) in [5.74, 6) is 0.811. The van der Waals surface area contributed by atoms with Gasteiger partial charge in [-0.2, -0.15) is 0 Å². The number of piperidine rings is 1. The number of hydrogen-bond acceptors (Lipinski definition) is 3. The van der Waals surface area contributed by atoms with Crippen molar-refractivity contribution in [2.45, 2.75) is 57.2 Å². The van der Waals surface area contributed by atoms with E-state index in [1.165, 1.54) is 0 Å². The lowest BCUT2D eigenvalue weighted by Crippen LogP contribution is -2.63. The van der Waals surface area contributed by atoms with E-state index in [0.29, 0.717) is 12.5 Å². The molecular formula is C21H29NO3. The van der Waals surface area contributed by atoms with Crippen LogP contribution in [-0.4, -0.2) is 47.8 Å². The van der Waals surface area contributed by atoms with E-state index >= 15 is 0 Å². The van der Waals surface area contributed by atoms with Gasteiger partial charge in [-0.25, -0.2) is 0 Å². The summed E-state index contributed by atoms with van der Waals surface area (Å²) in [5, 5.41) is 10.3. The maximum Gasteiger partial charge on any atom is 0.230 e. The summed E-state index contributed by atoms with van der Waals surface area (Å²) in [4.78, 5) is 15.3. The van der Waals surface area contributed by atoms with Gasteiger partial charge in [-0.1, -0.05) is 30.3 Å². The molecule has 1 aliphatic heterocycles. The predicted molar refractivity (Wildman–Crippen MR) is 96.2 cm³/mol. The van der Waals surface area contributed by atoms with Crippen LogP contribution in [0.5, 0.6) is 0 Å². The number of ether oxygens (including phenoxy) is 1. The normalized spacial score (nSPS) is 29.3. The van der Waals surface area contributed by atoms with Gasteiger partial charge in [0.1, 0.15) is 0 Å². The monoisotopic (exact) mass is 343 g/mol. The first-order valence-electron chi connectivity index (χ1n) is 9.79. The van der Waals surface area contributed by atoms with Gasteiger partial charge >= 0.3 is 0 Å². The van der Waals surface area contributed by atoms with Crippen molar-refractivity contribution in [3.8, 4) is 0 Å². The largest absolute Gasteiger partial charge is 0.392 e. The second-order valence-corrected chi connectivity index (χ2v) is 7.98. The minimum atomic E-state index is -0.269. The van der Waals surface area contributed by atoms with Gasteiger partial charge in [0, 0.05) is 31.5 Å². The number of nitrogens with zero attached hydrogens (tertiary/aromatic N) is 1. The van der Waals surface area contributed by atoms with Crippen LogP contribution < -0.4 is 0 Å². The summed E-state index contributed by atoms with van der Waals surface area (Å²) in [5.41, 5.74) is 1.04. The zero-order chi connectivity index (χ0) is 17.4. The van der Waals surface area contributed by atoms with Crippen LogP contribution in [0.4, 0.5) is 0 Å². The third-order valence-corrected chi connectivity index (χ3v) is 6.63. The Morgan fingerprint density at radius 2 is 1.96 bits per heavy atom. The van der Waals surface area contributed by atoms with Crippen molar-refractivity contribution in [3.05, 3.63) is 35.9 Å². The summed E-state index contributed by atoms with van der Waals surface area (Å²) >= 11 is 0. The van der Waals surface area contributed by atoms with Crippen molar-refractivity contribution in [2.75, 3.05) is 19.7 Å². The molecule has 0 radical (unpaired) electrons. The van der Waals surface area contributed by atoms with Crippen molar-refractivity contribution in [1.82, 2.24) is 4.90 Å². The maximum atomic E-state index is 13.2. The van der Waals surface area contributed by atoms with Gasteiger partial charge in [-0.15, -0.1) is 0 Å². The molecule has 0 bridgehead atoms. The molecule has 1 spiro atoms. The lowest BCUT2D eigenvalue weighted by molar-refractivity contribution is -0.210. The fourth-order valence-electron chi connectivity index (χ4n) is 4.86. The molecule has 1 amide bonds. The number of amides is 1. The van der Waals surface area contributed by atoms with Crippen LogP contribution in [-0.2, 0) is 9.53 Å². The molecule has 1 aromatic carbocycles. The Kier molecular flexibility index (Phi) is 4.59. The van der Waals surface area contributed by atoms with Crippen LogP contribution in [0, 0.1) is 11.3 Å². The Bertz CT molecular complexity index is 603. The fraction of sp³-hybridized carbons (Fsp3) is 0.667. The van der Waals surface area contributed by atoms with E-state index in [1.54, 1.807) is 0 Å². The lowest BCUT2D eigenvalue weighted by Gasteiger charge is -2.56. The SMILES string of the molecule is CCOC1CC(O)C12CCN(C(=O)C(c1ccccc1)C1CC1)CC2. The van der Waals surface area contributed by atoms with E-state index in [9.17, 15) is 9.90 Å². The van der Waals surface area contributed by atoms with Crippen LogP contribution in [0.25, 0.3) is 0 Å². The van der Waals surface area contributed by atoms with Crippen LogP contribution in [0.2, 0.25) is 0 Å². The van der Waals surface area contributed by atoms with Gasteiger partial charge in [-0.3, -0.25) is 4.79 Å². The van der Waals surface area contributed by atoms with Gasteiger partial charge in [0.05, 0.1) is 18.1 Å². The molecular weight excluding hydrogens is 314 g/mol. The minimum absolute atomic E-state index is 0.0178. The Hall–Kier alpha value is -1.39. The molecule has 3 aliphatic rings. The Balaban J connectivity index is 1.44. The van der Waals surface area contributed by atoms with Gasteiger partial charge in [0.15, 0.2) is 0 Å². The molecule has 136 valence electrons. The van der Waals surface area contributed by atoms with E-state index in [0.717, 1.165) is 50.8 Å². The van der Waals surface area contributed by atoms with Crippen molar-refractivity contribution >= 4 is 5.91 Å². The number of likely N-dealkylation sites (tertiary alicyclic amines) is 1. The molecule has 4 heteroatoms. The highest BCUT2D eigenvalue weighted by molar-refractivity contribution is 5.84. The molecule has 3 atom stereocenters. The third kappa shape index (κ3) is 3.00. The molecule has 2 saturated carbocycles. The molecule has 25 heavy (non-hydrogen) atoms. The van der Waals surface area contributed by atoms with E-state index in [4.69, 9.17) is 4.74 Å². The minimum Gasteiger partial charge on any atom is -0.392 e. The topological polar surface area (TPSA) is 49.8 Å². The number of hydrogen-bond donors (Lipinski definition) is 1. The number of aliphatic hydroxyl groups is 1. The summed E-state index contributed by atoms with van der Waals surface area (Å²) in [6, 6.07) is 10.2. The van der Waals surface area contributed by atoms with Crippen molar-refractivity contribution < 1.29 is 14.6 Å². The predicted octanol–water partition coefficient (Wildman–Crippen LogP) is 2.96. The molecule has 1 heterocycles. The lowest BCUT2D eigenvalue weighted by atomic mass is 9.58. The number of rotatable bonds is 5. The van der Waals surface area contributed by atoms with Gasteiger partial charge in [-0.05, 0) is 44.1 Å². The number of aliphatic hydroxyl groups excluding tert-OH is 1. The molecule has 1 N–H and O–H groups in total. The number of carbonyl (C=O) groups excluding carboxylic acids is 1. The van der Waals surface area contributed by atoms with Crippen molar-refractivity contribution in [2.24, 2.45) is 11.3 Å².